The minimum atomic E-state index is 0.241. The highest BCUT2D eigenvalue weighted by molar-refractivity contribution is 5.59. The molecule has 0 fully saturated rings. The largest absolute Gasteiger partial charge is 0.464 e. The summed E-state index contributed by atoms with van der Waals surface area (Å²) in [6.45, 7) is 8.86. The van der Waals surface area contributed by atoms with Gasteiger partial charge in [0, 0.05) is 5.56 Å². The van der Waals surface area contributed by atoms with Crippen molar-refractivity contribution in [2.75, 3.05) is 0 Å². The van der Waals surface area contributed by atoms with Crippen LogP contribution in [-0.2, 0) is 5.41 Å². The summed E-state index contributed by atoms with van der Waals surface area (Å²) in [5, 5.41) is 0. The van der Waals surface area contributed by atoms with Crippen LogP contribution in [-0.4, -0.2) is 0 Å². The zero-order valence-corrected chi connectivity index (χ0v) is 8.77. The van der Waals surface area contributed by atoms with Crippen LogP contribution >= 0.6 is 0 Å². The highest BCUT2D eigenvalue weighted by atomic mass is 16.3. The van der Waals surface area contributed by atoms with Crippen LogP contribution in [0.25, 0.3) is 6.08 Å². The van der Waals surface area contributed by atoms with Gasteiger partial charge in [-0.3, -0.25) is 0 Å². The molecule has 0 radical (unpaired) electrons. The molecule has 0 bridgehead atoms. The van der Waals surface area contributed by atoms with Gasteiger partial charge in [0.25, 0.3) is 0 Å². The van der Waals surface area contributed by atoms with Gasteiger partial charge in [-0.2, -0.15) is 0 Å². The molecule has 70 valence electrons. The van der Waals surface area contributed by atoms with Crippen molar-refractivity contribution in [3.8, 4) is 0 Å². The van der Waals surface area contributed by atoms with Gasteiger partial charge < -0.3 is 4.42 Å². The van der Waals surface area contributed by atoms with Crippen molar-refractivity contribution in [1.29, 1.82) is 0 Å². The molecule has 1 aromatic heterocycles. The Labute approximate surface area is 79.4 Å². The predicted molar refractivity (Wildman–Crippen MR) is 54.7 cm³/mol. The summed E-state index contributed by atoms with van der Waals surface area (Å²) >= 11 is 0. The Balaban J connectivity index is 2.65. The summed E-state index contributed by atoms with van der Waals surface area (Å²) in [5.41, 5.74) is 4.32. The van der Waals surface area contributed by atoms with E-state index in [0.717, 1.165) is 12.2 Å². The Morgan fingerprint density at radius 2 is 2.00 bits per heavy atom. The van der Waals surface area contributed by atoms with E-state index in [1.54, 1.807) is 0 Å². The van der Waals surface area contributed by atoms with Crippen molar-refractivity contribution >= 4 is 6.08 Å². The van der Waals surface area contributed by atoms with Crippen LogP contribution in [0.1, 0.15) is 44.1 Å². The molecule has 0 N–H and O–H groups in total. The summed E-state index contributed by atoms with van der Waals surface area (Å²) in [6.07, 6.45) is 5.16. The van der Waals surface area contributed by atoms with Crippen molar-refractivity contribution in [2.45, 2.75) is 39.5 Å². The molecule has 0 spiro atoms. The molecule has 0 aliphatic heterocycles. The van der Waals surface area contributed by atoms with Crippen LogP contribution in [0.3, 0.4) is 0 Å². The summed E-state index contributed by atoms with van der Waals surface area (Å²) in [7, 11) is 0. The van der Waals surface area contributed by atoms with Crippen LogP contribution in [0.5, 0.6) is 0 Å². The number of fused-ring (bicyclic) bond motifs is 1. The van der Waals surface area contributed by atoms with Gasteiger partial charge in [-0.15, -0.1) is 0 Å². The van der Waals surface area contributed by atoms with E-state index < -0.39 is 0 Å². The highest BCUT2D eigenvalue weighted by Gasteiger charge is 2.30. The van der Waals surface area contributed by atoms with E-state index in [2.05, 4.69) is 33.8 Å². The second kappa shape index (κ2) is 2.50. The molecule has 1 aliphatic rings. The molecule has 2 rings (SSSR count). The zero-order chi connectivity index (χ0) is 9.64. The van der Waals surface area contributed by atoms with E-state index in [0.29, 0.717) is 0 Å². The first kappa shape index (κ1) is 8.61. The maximum atomic E-state index is 5.52. The maximum Gasteiger partial charge on any atom is 0.130 e. The number of hydrogen-bond donors (Lipinski definition) is 0. The Morgan fingerprint density at radius 1 is 1.31 bits per heavy atom. The Hall–Kier alpha value is -0.980. The minimum Gasteiger partial charge on any atom is -0.464 e. The molecule has 0 aromatic carbocycles. The first-order valence-corrected chi connectivity index (χ1v) is 4.76. The van der Waals surface area contributed by atoms with Crippen LogP contribution in [0.2, 0.25) is 0 Å². The summed E-state index contributed by atoms with van der Waals surface area (Å²) < 4.78 is 5.52. The van der Waals surface area contributed by atoms with E-state index in [1.807, 2.05) is 6.26 Å². The van der Waals surface area contributed by atoms with Crippen molar-refractivity contribution in [3.05, 3.63) is 28.7 Å². The second-order valence-electron chi connectivity index (χ2n) is 4.71. The molecule has 13 heavy (non-hydrogen) atoms. The van der Waals surface area contributed by atoms with Gasteiger partial charge in [-0.25, -0.2) is 0 Å². The fourth-order valence-corrected chi connectivity index (χ4v) is 2.50. The van der Waals surface area contributed by atoms with Gasteiger partial charge in [0.05, 0.1) is 6.26 Å². The molecule has 0 saturated carbocycles. The first-order chi connectivity index (χ1) is 6.00. The summed E-state index contributed by atoms with van der Waals surface area (Å²) in [5.74, 6) is 1.06. The lowest BCUT2D eigenvalue weighted by Crippen LogP contribution is -2.21. The number of furan rings is 1. The van der Waals surface area contributed by atoms with Gasteiger partial charge in [-0.05, 0) is 37.3 Å². The SMILES string of the molecule is CC1=Cc2occ(C)c2C(C)(C)C1. The fourth-order valence-electron chi connectivity index (χ4n) is 2.50. The average Bonchev–Trinajstić information content (AvgIpc) is 2.29. The van der Waals surface area contributed by atoms with E-state index in [-0.39, 0.29) is 5.41 Å². The standard InChI is InChI=1S/C12H16O/c1-8-5-10-11(9(2)7-13-10)12(3,4)6-8/h5,7H,6H2,1-4H3. The molecule has 1 nitrogen and oxygen atoms in total. The van der Waals surface area contributed by atoms with Crippen LogP contribution in [0.4, 0.5) is 0 Å². The monoisotopic (exact) mass is 176 g/mol. The van der Waals surface area contributed by atoms with Crippen molar-refractivity contribution in [2.24, 2.45) is 0 Å². The van der Waals surface area contributed by atoms with Crippen LogP contribution in [0, 0.1) is 6.92 Å². The third-order valence-corrected chi connectivity index (χ3v) is 2.78. The fraction of sp³-hybridized carbons (Fsp3) is 0.500. The lowest BCUT2D eigenvalue weighted by Gasteiger charge is -2.29. The smallest absolute Gasteiger partial charge is 0.130 e. The Morgan fingerprint density at radius 3 is 2.69 bits per heavy atom. The minimum absolute atomic E-state index is 0.241. The third-order valence-electron chi connectivity index (χ3n) is 2.78. The molecule has 0 atom stereocenters. The molecular formula is C12H16O. The molecule has 0 amide bonds. The maximum absolute atomic E-state index is 5.52. The Kier molecular flexibility index (Phi) is 1.66. The summed E-state index contributed by atoms with van der Waals surface area (Å²) in [6, 6.07) is 0. The third kappa shape index (κ3) is 1.23. The normalized spacial score (nSPS) is 19.5. The topological polar surface area (TPSA) is 13.1 Å². The van der Waals surface area contributed by atoms with Gasteiger partial charge in [0.2, 0.25) is 0 Å². The van der Waals surface area contributed by atoms with Gasteiger partial charge in [0.1, 0.15) is 5.76 Å². The second-order valence-corrected chi connectivity index (χ2v) is 4.71. The van der Waals surface area contributed by atoms with Crippen molar-refractivity contribution < 1.29 is 4.42 Å². The van der Waals surface area contributed by atoms with Gasteiger partial charge >= 0.3 is 0 Å². The highest BCUT2D eigenvalue weighted by Crippen LogP contribution is 2.40. The number of allylic oxidation sites excluding steroid dienone is 1. The number of aryl methyl sites for hydroxylation is 1. The van der Waals surface area contributed by atoms with E-state index >= 15 is 0 Å². The van der Waals surface area contributed by atoms with Gasteiger partial charge in [-0.1, -0.05) is 19.4 Å². The number of rotatable bonds is 0. The van der Waals surface area contributed by atoms with Gasteiger partial charge in [0.15, 0.2) is 0 Å². The van der Waals surface area contributed by atoms with Crippen LogP contribution in [0.15, 0.2) is 16.3 Å². The molecule has 1 heterocycles. The molecule has 1 heteroatoms. The van der Waals surface area contributed by atoms with Crippen LogP contribution < -0.4 is 0 Å². The zero-order valence-electron chi connectivity index (χ0n) is 8.77. The predicted octanol–water partition coefficient (Wildman–Crippen LogP) is 3.67. The quantitative estimate of drug-likeness (QED) is 0.587. The molecule has 1 aromatic rings. The lowest BCUT2D eigenvalue weighted by molar-refractivity contribution is 0.483. The molecule has 1 aliphatic carbocycles. The molecule has 0 unspecified atom stereocenters. The molecule has 0 saturated heterocycles. The average molecular weight is 176 g/mol. The summed E-state index contributed by atoms with van der Waals surface area (Å²) in [4.78, 5) is 0. The van der Waals surface area contributed by atoms with E-state index in [1.165, 1.54) is 16.7 Å². The van der Waals surface area contributed by atoms with Crippen molar-refractivity contribution in [3.63, 3.8) is 0 Å². The van der Waals surface area contributed by atoms with E-state index in [9.17, 15) is 0 Å². The molecular weight excluding hydrogens is 160 g/mol. The van der Waals surface area contributed by atoms with Crippen molar-refractivity contribution in [1.82, 2.24) is 0 Å². The Bertz CT molecular complexity index is 366. The lowest BCUT2D eigenvalue weighted by atomic mass is 9.74. The first-order valence-electron chi connectivity index (χ1n) is 4.76. The number of hydrogen-bond acceptors (Lipinski definition) is 1. The van der Waals surface area contributed by atoms with E-state index in [4.69, 9.17) is 4.42 Å².